The molecule has 1 unspecified atom stereocenters. The van der Waals surface area contributed by atoms with Crippen molar-refractivity contribution in [2.45, 2.75) is 20.8 Å². The predicted molar refractivity (Wildman–Crippen MR) is 77.5 cm³/mol. The van der Waals surface area contributed by atoms with Crippen LogP contribution in [0.3, 0.4) is 0 Å². The van der Waals surface area contributed by atoms with Crippen molar-refractivity contribution in [3.63, 3.8) is 0 Å². The van der Waals surface area contributed by atoms with Gasteiger partial charge in [0.1, 0.15) is 11.5 Å². The Hall–Kier alpha value is -1.76. The Morgan fingerprint density at radius 2 is 1.76 bits per heavy atom. The van der Waals surface area contributed by atoms with Gasteiger partial charge in [0.05, 0.1) is 0 Å². The van der Waals surface area contributed by atoms with E-state index in [1.54, 1.807) is 6.08 Å². The molecule has 0 aliphatic heterocycles. The highest BCUT2D eigenvalue weighted by Crippen LogP contribution is 2.29. The summed E-state index contributed by atoms with van der Waals surface area (Å²) in [6, 6.07) is 0. The first-order valence-corrected chi connectivity index (χ1v) is 6.04. The van der Waals surface area contributed by atoms with Crippen LogP contribution in [0.4, 0.5) is 0 Å². The third kappa shape index (κ3) is 2.68. The van der Waals surface area contributed by atoms with E-state index in [4.69, 9.17) is 4.42 Å². The molecule has 0 spiro atoms. The van der Waals surface area contributed by atoms with Gasteiger partial charge in [-0.15, -0.1) is 0 Å². The van der Waals surface area contributed by atoms with Crippen LogP contribution in [-0.2, 0) is 0 Å². The van der Waals surface area contributed by atoms with Crippen LogP contribution in [0.2, 0.25) is 0 Å². The van der Waals surface area contributed by atoms with E-state index in [9.17, 15) is 0 Å². The molecule has 0 fully saturated rings. The Labute approximate surface area is 104 Å². The summed E-state index contributed by atoms with van der Waals surface area (Å²) in [6.45, 7) is 13.7. The number of hydrogen-bond donors (Lipinski definition) is 0. The number of rotatable bonds is 2. The van der Waals surface area contributed by atoms with Crippen LogP contribution in [0.1, 0.15) is 43.4 Å². The van der Waals surface area contributed by atoms with Gasteiger partial charge in [0, 0.05) is 11.1 Å². The maximum Gasteiger partial charge on any atom is 0.135 e. The average Bonchev–Trinajstić information content (AvgIpc) is 2.63. The summed E-state index contributed by atoms with van der Waals surface area (Å²) < 4.78 is 5.68. The highest BCUT2D eigenvalue weighted by atomic mass is 16.3. The fraction of sp³-hybridized carbons (Fsp3) is 0.250. The Morgan fingerprint density at radius 1 is 1.12 bits per heavy atom. The summed E-state index contributed by atoms with van der Waals surface area (Å²) >= 11 is 0. The third-order valence-electron chi connectivity index (χ3n) is 2.55. The highest BCUT2D eigenvalue weighted by molar-refractivity contribution is 5.77. The van der Waals surface area contributed by atoms with Gasteiger partial charge in [-0.05, 0) is 18.1 Å². The molecular formula is C16H20O. The van der Waals surface area contributed by atoms with Crippen molar-refractivity contribution in [3.05, 3.63) is 48.0 Å². The molecule has 1 heterocycles. The zero-order chi connectivity index (χ0) is 12.8. The summed E-state index contributed by atoms with van der Waals surface area (Å²) in [5.41, 5.74) is 2.12. The minimum Gasteiger partial charge on any atom is -0.456 e. The molecule has 0 bridgehead atoms. The first-order chi connectivity index (χ1) is 8.26. The second-order valence-corrected chi connectivity index (χ2v) is 3.64. The van der Waals surface area contributed by atoms with E-state index < -0.39 is 0 Å². The van der Waals surface area contributed by atoms with E-state index in [-0.39, 0.29) is 0 Å². The summed E-state index contributed by atoms with van der Waals surface area (Å²) in [5, 5.41) is 0. The monoisotopic (exact) mass is 228 g/mol. The minimum atomic E-state index is 0.442. The van der Waals surface area contributed by atoms with Gasteiger partial charge in [-0.2, -0.15) is 0 Å². The Balaban J connectivity index is 0.000000686. The molecule has 0 radical (unpaired) electrons. The van der Waals surface area contributed by atoms with Crippen LogP contribution in [0.15, 0.2) is 29.7 Å². The summed E-state index contributed by atoms with van der Waals surface area (Å²) in [4.78, 5) is 0. The van der Waals surface area contributed by atoms with Crippen LogP contribution in [-0.4, -0.2) is 0 Å². The zero-order valence-corrected chi connectivity index (χ0v) is 10.9. The molecule has 0 amide bonds. The molecule has 1 aliphatic rings. The van der Waals surface area contributed by atoms with Crippen molar-refractivity contribution in [2.75, 3.05) is 0 Å². The largest absolute Gasteiger partial charge is 0.456 e. The van der Waals surface area contributed by atoms with E-state index >= 15 is 0 Å². The maximum absolute atomic E-state index is 5.68. The van der Waals surface area contributed by atoms with Gasteiger partial charge in [0.25, 0.3) is 0 Å². The number of furan rings is 1. The molecule has 0 saturated heterocycles. The van der Waals surface area contributed by atoms with E-state index in [0.717, 1.165) is 22.6 Å². The lowest BCUT2D eigenvalue weighted by Crippen LogP contribution is -1.79. The molecule has 1 heteroatoms. The number of fused-ring (bicyclic) bond motifs is 1. The molecule has 1 aromatic rings. The lowest BCUT2D eigenvalue weighted by molar-refractivity contribution is 0.546. The second kappa shape index (κ2) is 6.09. The fourth-order valence-electron chi connectivity index (χ4n) is 1.70. The van der Waals surface area contributed by atoms with Crippen LogP contribution < -0.4 is 0 Å². The van der Waals surface area contributed by atoms with E-state index in [0.29, 0.717) is 5.92 Å². The van der Waals surface area contributed by atoms with Gasteiger partial charge >= 0.3 is 0 Å². The Bertz CT molecular complexity index is 458. The van der Waals surface area contributed by atoms with Crippen LogP contribution in [0.25, 0.3) is 24.3 Å². The number of allylic oxidation sites excluding steroid dienone is 2. The van der Waals surface area contributed by atoms with E-state index in [2.05, 4.69) is 38.3 Å². The van der Waals surface area contributed by atoms with Gasteiger partial charge in [0.15, 0.2) is 0 Å². The smallest absolute Gasteiger partial charge is 0.135 e. The quantitative estimate of drug-likeness (QED) is 0.672. The maximum atomic E-state index is 5.68. The van der Waals surface area contributed by atoms with Crippen LogP contribution in [0, 0.1) is 5.92 Å². The molecule has 1 nitrogen and oxygen atoms in total. The highest BCUT2D eigenvalue weighted by Gasteiger charge is 2.14. The molecule has 2 rings (SSSR count). The minimum absolute atomic E-state index is 0.442. The first-order valence-electron chi connectivity index (χ1n) is 6.04. The topological polar surface area (TPSA) is 13.1 Å². The molecular weight excluding hydrogens is 208 g/mol. The lowest BCUT2D eigenvalue weighted by atomic mass is 10.1. The normalized spacial score (nSPS) is 16.5. The molecule has 1 aliphatic carbocycles. The molecule has 0 saturated carbocycles. The number of hydrogen-bond acceptors (Lipinski definition) is 1. The molecule has 1 atom stereocenters. The standard InChI is InChI=1S/C14H14O.C2H6/c1-4-11-12-8-6-10(3)7-9-14(12)15-13(11)5-2;1-2/h4-10H,1-2H2,3H3;1-2H3. The third-order valence-corrected chi connectivity index (χ3v) is 2.55. The summed E-state index contributed by atoms with van der Waals surface area (Å²) in [5.74, 6) is 2.12. The van der Waals surface area contributed by atoms with Crippen molar-refractivity contribution in [3.8, 4) is 0 Å². The van der Waals surface area contributed by atoms with E-state index in [1.165, 1.54) is 0 Å². The van der Waals surface area contributed by atoms with Crippen molar-refractivity contribution >= 4 is 24.3 Å². The molecule has 1 aromatic heterocycles. The average molecular weight is 228 g/mol. The van der Waals surface area contributed by atoms with Crippen molar-refractivity contribution in [1.82, 2.24) is 0 Å². The predicted octanol–water partition coefficient (Wildman–Crippen LogP) is 5.27. The van der Waals surface area contributed by atoms with Crippen molar-refractivity contribution in [1.29, 1.82) is 0 Å². The summed E-state index contributed by atoms with van der Waals surface area (Å²) in [6.07, 6.45) is 11.9. The van der Waals surface area contributed by atoms with Crippen molar-refractivity contribution < 1.29 is 4.42 Å². The van der Waals surface area contributed by atoms with Gasteiger partial charge in [-0.25, -0.2) is 0 Å². The van der Waals surface area contributed by atoms with Gasteiger partial charge in [-0.1, -0.05) is 58.2 Å². The SMILES string of the molecule is C=Cc1oc2c(c1C=C)C=CC(C)C=C2.CC. The van der Waals surface area contributed by atoms with Gasteiger partial charge in [0.2, 0.25) is 0 Å². The second-order valence-electron chi connectivity index (χ2n) is 3.64. The molecule has 17 heavy (non-hydrogen) atoms. The van der Waals surface area contributed by atoms with Gasteiger partial charge in [-0.3, -0.25) is 0 Å². The van der Waals surface area contributed by atoms with Gasteiger partial charge < -0.3 is 4.42 Å². The van der Waals surface area contributed by atoms with Crippen LogP contribution >= 0.6 is 0 Å². The van der Waals surface area contributed by atoms with Crippen LogP contribution in [0.5, 0.6) is 0 Å². The van der Waals surface area contributed by atoms with E-state index in [1.807, 2.05) is 26.0 Å². The molecule has 0 aromatic carbocycles. The first kappa shape index (κ1) is 13.3. The van der Waals surface area contributed by atoms with Crippen molar-refractivity contribution in [2.24, 2.45) is 5.92 Å². The molecule has 0 N–H and O–H groups in total. The molecule has 90 valence electrons. The summed E-state index contributed by atoms with van der Waals surface area (Å²) in [7, 11) is 0. The Kier molecular flexibility index (Phi) is 4.77. The zero-order valence-electron chi connectivity index (χ0n) is 10.9. The Morgan fingerprint density at radius 3 is 2.35 bits per heavy atom. The fourth-order valence-corrected chi connectivity index (χ4v) is 1.70. The lowest BCUT2D eigenvalue weighted by Gasteiger charge is -1.94.